The van der Waals surface area contributed by atoms with Crippen molar-refractivity contribution in [3.8, 4) is 17.2 Å². The summed E-state index contributed by atoms with van der Waals surface area (Å²) in [5.74, 6) is -0.296. The molecule has 1 N–H and O–H groups in total. The molecule has 0 aromatic heterocycles. The van der Waals surface area contributed by atoms with Crippen LogP contribution in [0.1, 0.15) is 50.3 Å². The van der Waals surface area contributed by atoms with Gasteiger partial charge in [0.1, 0.15) is 28.6 Å². The van der Waals surface area contributed by atoms with E-state index in [1.165, 1.54) is 14.2 Å². The van der Waals surface area contributed by atoms with Crippen molar-refractivity contribution in [3.05, 3.63) is 59.2 Å². The molecule has 1 atom stereocenters. The minimum Gasteiger partial charge on any atom is -0.506 e. The van der Waals surface area contributed by atoms with Crippen LogP contribution in [0.3, 0.4) is 0 Å². The third kappa shape index (κ3) is 4.82. The van der Waals surface area contributed by atoms with Crippen LogP contribution in [0.15, 0.2) is 48.0 Å². The van der Waals surface area contributed by atoms with E-state index >= 15 is 0 Å². The summed E-state index contributed by atoms with van der Waals surface area (Å²) < 4.78 is 16.4. The van der Waals surface area contributed by atoms with E-state index in [9.17, 15) is 14.7 Å². The van der Waals surface area contributed by atoms with Crippen molar-refractivity contribution >= 4 is 17.4 Å². The Balaban J connectivity index is 2.18. The summed E-state index contributed by atoms with van der Waals surface area (Å²) in [6, 6.07) is 11.6. The molecular formula is C26H31NO6. The molecular weight excluding hydrogens is 422 g/mol. The van der Waals surface area contributed by atoms with Crippen LogP contribution < -0.4 is 14.2 Å². The Morgan fingerprint density at radius 1 is 0.970 bits per heavy atom. The van der Waals surface area contributed by atoms with Gasteiger partial charge in [0.2, 0.25) is 0 Å². The lowest BCUT2D eigenvalue weighted by atomic mass is 9.94. The molecule has 0 saturated carbocycles. The van der Waals surface area contributed by atoms with Gasteiger partial charge in [0.05, 0.1) is 32.4 Å². The van der Waals surface area contributed by atoms with Gasteiger partial charge in [0.25, 0.3) is 11.7 Å². The van der Waals surface area contributed by atoms with Crippen molar-refractivity contribution in [1.29, 1.82) is 0 Å². The Labute approximate surface area is 194 Å². The molecule has 3 rings (SSSR count). The van der Waals surface area contributed by atoms with Gasteiger partial charge in [-0.05, 0) is 43.2 Å². The largest absolute Gasteiger partial charge is 0.506 e. The summed E-state index contributed by atoms with van der Waals surface area (Å²) in [7, 11) is 2.94. The SMILES string of the molecule is CCCCCN1C(=O)C(=O)/C(=C(/O)c2c(OC)cccc2OC)C1c1ccc(OCC)cc1. The van der Waals surface area contributed by atoms with Crippen LogP contribution in [-0.4, -0.2) is 49.1 Å². The fourth-order valence-electron chi connectivity index (χ4n) is 4.12. The highest BCUT2D eigenvalue weighted by atomic mass is 16.5. The second-order valence-electron chi connectivity index (χ2n) is 7.74. The highest BCUT2D eigenvalue weighted by Gasteiger charge is 2.46. The van der Waals surface area contributed by atoms with Crippen molar-refractivity contribution in [1.82, 2.24) is 4.90 Å². The second kappa shape index (κ2) is 10.9. The van der Waals surface area contributed by atoms with Crippen LogP contribution in [0.5, 0.6) is 17.2 Å². The monoisotopic (exact) mass is 453 g/mol. The quantitative estimate of drug-likeness (QED) is 0.243. The zero-order valence-electron chi connectivity index (χ0n) is 19.6. The maximum absolute atomic E-state index is 13.2. The number of carbonyl (C=O) groups excluding carboxylic acids is 2. The number of ketones is 1. The number of ether oxygens (including phenoxy) is 3. The number of likely N-dealkylation sites (tertiary alicyclic amines) is 1. The zero-order chi connectivity index (χ0) is 24.0. The lowest BCUT2D eigenvalue weighted by Gasteiger charge is -2.25. The van der Waals surface area contributed by atoms with Gasteiger partial charge >= 0.3 is 0 Å². The van der Waals surface area contributed by atoms with Crippen LogP contribution in [-0.2, 0) is 9.59 Å². The number of nitrogens with zero attached hydrogens (tertiary/aromatic N) is 1. The number of hydrogen-bond donors (Lipinski definition) is 1. The lowest BCUT2D eigenvalue weighted by Crippen LogP contribution is -2.30. The molecule has 1 aliphatic heterocycles. The molecule has 176 valence electrons. The standard InChI is InChI=1S/C26H31NO6/c1-5-7-8-16-27-23(17-12-14-18(15-13-17)33-6-2)22(25(29)26(27)30)24(28)21-19(31-3)10-9-11-20(21)32-4/h9-15,23,28H,5-8,16H2,1-4H3/b24-22+. The first-order chi connectivity index (χ1) is 16.0. The maximum Gasteiger partial charge on any atom is 0.295 e. The Hall–Kier alpha value is -3.48. The van der Waals surface area contributed by atoms with E-state index in [1.807, 2.05) is 19.1 Å². The number of aliphatic hydroxyl groups excluding tert-OH is 1. The number of hydrogen-bond acceptors (Lipinski definition) is 6. The molecule has 7 nitrogen and oxygen atoms in total. The molecule has 1 amide bonds. The molecule has 0 aliphatic carbocycles. The number of benzene rings is 2. The van der Waals surface area contributed by atoms with Crippen LogP contribution in [0, 0.1) is 0 Å². The van der Waals surface area contributed by atoms with Gasteiger partial charge in [0.15, 0.2) is 0 Å². The Kier molecular flexibility index (Phi) is 7.98. The number of Topliss-reactive ketones (excluding diaryl/α,β-unsaturated/α-hetero) is 1. The fraction of sp³-hybridized carbons (Fsp3) is 0.385. The Morgan fingerprint density at radius 3 is 2.15 bits per heavy atom. The number of amides is 1. The maximum atomic E-state index is 13.2. The van der Waals surface area contributed by atoms with Gasteiger partial charge < -0.3 is 24.2 Å². The smallest absolute Gasteiger partial charge is 0.295 e. The van der Waals surface area contributed by atoms with Gasteiger partial charge in [-0.25, -0.2) is 0 Å². The van der Waals surface area contributed by atoms with Crippen molar-refractivity contribution in [2.24, 2.45) is 0 Å². The zero-order valence-corrected chi connectivity index (χ0v) is 19.6. The van der Waals surface area contributed by atoms with Crippen molar-refractivity contribution in [2.75, 3.05) is 27.4 Å². The Bertz CT molecular complexity index is 1010. The summed E-state index contributed by atoms with van der Waals surface area (Å²) in [4.78, 5) is 27.8. The lowest BCUT2D eigenvalue weighted by molar-refractivity contribution is -0.139. The molecule has 1 aliphatic rings. The number of methoxy groups -OCH3 is 2. The van der Waals surface area contributed by atoms with Crippen molar-refractivity contribution < 1.29 is 28.9 Å². The summed E-state index contributed by atoms with van der Waals surface area (Å²) in [6.45, 7) is 4.92. The second-order valence-corrected chi connectivity index (χ2v) is 7.74. The van der Waals surface area contributed by atoms with Gasteiger partial charge in [0, 0.05) is 6.54 Å². The summed E-state index contributed by atoms with van der Waals surface area (Å²) >= 11 is 0. The van der Waals surface area contributed by atoms with E-state index in [4.69, 9.17) is 14.2 Å². The van der Waals surface area contributed by atoms with E-state index in [1.54, 1.807) is 35.2 Å². The molecule has 33 heavy (non-hydrogen) atoms. The van der Waals surface area contributed by atoms with Crippen LogP contribution in [0.25, 0.3) is 5.76 Å². The molecule has 0 bridgehead atoms. The van der Waals surface area contributed by atoms with Crippen LogP contribution in [0.2, 0.25) is 0 Å². The first-order valence-electron chi connectivity index (χ1n) is 11.2. The number of unbranched alkanes of at least 4 members (excludes halogenated alkanes) is 2. The van der Waals surface area contributed by atoms with Crippen LogP contribution >= 0.6 is 0 Å². The first-order valence-corrected chi connectivity index (χ1v) is 11.2. The van der Waals surface area contributed by atoms with Crippen molar-refractivity contribution in [2.45, 2.75) is 39.2 Å². The van der Waals surface area contributed by atoms with Crippen molar-refractivity contribution in [3.63, 3.8) is 0 Å². The van der Waals surface area contributed by atoms with Gasteiger partial charge in [-0.2, -0.15) is 0 Å². The molecule has 7 heteroatoms. The highest BCUT2D eigenvalue weighted by molar-refractivity contribution is 6.46. The molecule has 1 fully saturated rings. The molecule has 1 saturated heterocycles. The molecule has 1 heterocycles. The predicted octanol–water partition coefficient (Wildman–Crippen LogP) is 4.71. The third-order valence-corrected chi connectivity index (χ3v) is 5.71. The van der Waals surface area contributed by atoms with E-state index < -0.39 is 17.7 Å². The predicted molar refractivity (Wildman–Crippen MR) is 126 cm³/mol. The normalized spacial score (nSPS) is 17.3. The number of carbonyl (C=O) groups is 2. The molecule has 0 radical (unpaired) electrons. The molecule has 2 aromatic carbocycles. The van der Waals surface area contributed by atoms with E-state index in [-0.39, 0.29) is 16.9 Å². The van der Waals surface area contributed by atoms with E-state index in [2.05, 4.69) is 6.92 Å². The third-order valence-electron chi connectivity index (χ3n) is 5.71. The minimum atomic E-state index is -0.729. The van der Waals surface area contributed by atoms with E-state index in [0.717, 1.165) is 19.3 Å². The highest BCUT2D eigenvalue weighted by Crippen LogP contribution is 2.43. The molecule has 2 aromatic rings. The minimum absolute atomic E-state index is 0.0171. The summed E-state index contributed by atoms with van der Waals surface area (Å²) in [5.41, 5.74) is 0.970. The van der Waals surface area contributed by atoms with Gasteiger partial charge in [-0.15, -0.1) is 0 Å². The van der Waals surface area contributed by atoms with E-state index in [0.29, 0.717) is 36.0 Å². The average molecular weight is 454 g/mol. The van der Waals surface area contributed by atoms with Crippen LogP contribution in [0.4, 0.5) is 0 Å². The topological polar surface area (TPSA) is 85.3 Å². The Morgan fingerprint density at radius 2 is 1.61 bits per heavy atom. The fourth-order valence-corrected chi connectivity index (χ4v) is 4.12. The average Bonchev–Trinajstić information content (AvgIpc) is 3.09. The summed E-state index contributed by atoms with van der Waals surface area (Å²) in [6.07, 6.45) is 2.67. The molecule has 0 spiro atoms. The molecule has 1 unspecified atom stereocenters. The van der Waals surface area contributed by atoms with Gasteiger partial charge in [-0.3, -0.25) is 9.59 Å². The first kappa shape index (κ1) is 24.2. The van der Waals surface area contributed by atoms with Gasteiger partial charge in [-0.1, -0.05) is 38.0 Å². The number of aliphatic hydroxyl groups is 1. The summed E-state index contributed by atoms with van der Waals surface area (Å²) in [5, 5.41) is 11.4. The number of rotatable bonds is 10.